The van der Waals surface area contributed by atoms with Gasteiger partial charge in [-0.3, -0.25) is 4.79 Å². The van der Waals surface area contributed by atoms with Gasteiger partial charge in [0.2, 0.25) is 5.91 Å². The van der Waals surface area contributed by atoms with E-state index in [9.17, 15) is 4.79 Å². The highest BCUT2D eigenvalue weighted by Crippen LogP contribution is 2.43. The van der Waals surface area contributed by atoms with Gasteiger partial charge in [0.15, 0.2) is 0 Å². The van der Waals surface area contributed by atoms with Crippen LogP contribution in [-0.4, -0.2) is 37.7 Å². The first-order valence-corrected chi connectivity index (χ1v) is 9.09. The molecule has 24 heavy (non-hydrogen) atoms. The van der Waals surface area contributed by atoms with Gasteiger partial charge in [0.25, 0.3) is 0 Å². The van der Waals surface area contributed by atoms with Crippen molar-refractivity contribution in [2.45, 2.75) is 58.9 Å². The van der Waals surface area contributed by atoms with E-state index in [1.807, 2.05) is 11.8 Å². The molecule has 1 aromatic rings. The molecule has 4 nitrogen and oxygen atoms in total. The molecule has 2 rings (SSSR count). The topological polar surface area (TPSA) is 41.6 Å². The number of carbonyl (C=O) groups is 1. The number of hydrogen-bond acceptors (Lipinski definition) is 3. The van der Waals surface area contributed by atoms with Gasteiger partial charge >= 0.3 is 0 Å². The average molecular weight is 332 g/mol. The second-order valence-electron chi connectivity index (χ2n) is 7.44. The quantitative estimate of drug-likeness (QED) is 0.775. The van der Waals surface area contributed by atoms with Gasteiger partial charge in [-0.25, -0.2) is 0 Å². The summed E-state index contributed by atoms with van der Waals surface area (Å²) >= 11 is 0. The number of aryl methyl sites for hydroxylation is 1. The van der Waals surface area contributed by atoms with Crippen LogP contribution in [0.5, 0.6) is 0 Å². The van der Waals surface area contributed by atoms with Gasteiger partial charge < -0.3 is 15.0 Å². The van der Waals surface area contributed by atoms with E-state index >= 15 is 0 Å². The van der Waals surface area contributed by atoms with Crippen molar-refractivity contribution in [3.05, 3.63) is 29.3 Å². The first kappa shape index (κ1) is 18.9. The minimum Gasteiger partial charge on any atom is -0.382 e. The molecular weight excluding hydrogens is 300 g/mol. The number of carbonyl (C=O) groups excluding carboxylic acids is 1. The number of anilines is 1. The Hall–Kier alpha value is -1.39. The zero-order valence-corrected chi connectivity index (χ0v) is 15.8. The summed E-state index contributed by atoms with van der Waals surface area (Å²) in [6.07, 6.45) is 1.91. The van der Waals surface area contributed by atoms with Crippen molar-refractivity contribution in [2.75, 3.05) is 31.2 Å². The Labute approximate surface area is 146 Å². The number of nitrogens with one attached hydrogen (secondary N) is 1. The molecule has 1 N–H and O–H groups in total. The highest BCUT2D eigenvalue weighted by atomic mass is 16.5. The van der Waals surface area contributed by atoms with Crippen molar-refractivity contribution in [3.8, 4) is 0 Å². The molecule has 1 aliphatic heterocycles. The van der Waals surface area contributed by atoms with Crippen molar-refractivity contribution in [1.82, 2.24) is 5.32 Å². The van der Waals surface area contributed by atoms with E-state index in [0.717, 1.165) is 38.3 Å². The van der Waals surface area contributed by atoms with Crippen molar-refractivity contribution in [3.63, 3.8) is 0 Å². The highest BCUT2D eigenvalue weighted by molar-refractivity contribution is 5.97. The van der Waals surface area contributed by atoms with Crippen molar-refractivity contribution >= 4 is 11.6 Å². The SMILES string of the molecule is CCOCCCNCC(=O)N1c2ccc(C)cc2[C@H](C)CC1(C)C. The van der Waals surface area contributed by atoms with E-state index in [1.165, 1.54) is 11.1 Å². The van der Waals surface area contributed by atoms with E-state index in [-0.39, 0.29) is 11.4 Å². The van der Waals surface area contributed by atoms with E-state index in [4.69, 9.17) is 4.74 Å². The molecule has 0 spiro atoms. The number of nitrogens with zero attached hydrogens (tertiary/aromatic N) is 1. The maximum Gasteiger partial charge on any atom is 0.241 e. The molecule has 4 heteroatoms. The Morgan fingerprint density at radius 1 is 1.42 bits per heavy atom. The summed E-state index contributed by atoms with van der Waals surface area (Å²) in [6, 6.07) is 6.43. The fourth-order valence-corrected chi connectivity index (χ4v) is 3.74. The third kappa shape index (κ3) is 4.37. The third-order valence-electron chi connectivity index (χ3n) is 4.74. The van der Waals surface area contributed by atoms with Gasteiger partial charge in [-0.15, -0.1) is 0 Å². The molecular formula is C20H32N2O2. The Kier molecular flexibility index (Phi) is 6.41. The molecule has 1 heterocycles. The van der Waals surface area contributed by atoms with Crippen molar-refractivity contribution in [2.24, 2.45) is 0 Å². The largest absolute Gasteiger partial charge is 0.382 e. The molecule has 0 saturated carbocycles. The van der Waals surface area contributed by atoms with Gasteiger partial charge in [0.05, 0.1) is 6.54 Å². The first-order valence-electron chi connectivity index (χ1n) is 9.09. The molecule has 0 radical (unpaired) electrons. The number of amides is 1. The van der Waals surface area contributed by atoms with Gasteiger partial charge in [-0.1, -0.05) is 24.6 Å². The fourth-order valence-electron chi connectivity index (χ4n) is 3.74. The van der Waals surface area contributed by atoms with Crippen molar-refractivity contribution < 1.29 is 9.53 Å². The van der Waals surface area contributed by atoms with Gasteiger partial charge in [0.1, 0.15) is 0 Å². The first-order chi connectivity index (χ1) is 11.4. The number of hydrogen-bond donors (Lipinski definition) is 1. The summed E-state index contributed by atoms with van der Waals surface area (Å²) in [5.74, 6) is 0.617. The van der Waals surface area contributed by atoms with Crippen LogP contribution in [0, 0.1) is 6.92 Å². The molecule has 1 aromatic carbocycles. The van der Waals surface area contributed by atoms with Crippen LogP contribution >= 0.6 is 0 Å². The van der Waals surface area contributed by atoms with Crippen LogP contribution in [0.25, 0.3) is 0 Å². The lowest BCUT2D eigenvalue weighted by Crippen LogP contribution is -2.54. The third-order valence-corrected chi connectivity index (χ3v) is 4.74. The van der Waals surface area contributed by atoms with Crippen LogP contribution in [0.1, 0.15) is 57.6 Å². The number of rotatable bonds is 7. The van der Waals surface area contributed by atoms with Crippen molar-refractivity contribution in [1.29, 1.82) is 0 Å². The molecule has 0 aliphatic carbocycles. The molecule has 0 fully saturated rings. The Morgan fingerprint density at radius 2 is 2.17 bits per heavy atom. The molecule has 134 valence electrons. The molecule has 0 bridgehead atoms. The van der Waals surface area contributed by atoms with E-state index in [1.54, 1.807) is 0 Å². The van der Waals surface area contributed by atoms with E-state index < -0.39 is 0 Å². The van der Waals surface area contributed by atoms with Crippen LogP contribution in [-0.2, 0) is 9.53 Å². The smallest absolute Gasteiger partial charge is 0.241 e. The molecule has 0 saturated heterocycles. The molecule has 0 unspecified atom stereocenters. The Morgan fingerprint density at radius 3 is 2.88 bits per heavy atom. The van der Waals surface area contributed by atoms with Crippen LogP contribution in [0.15, 0.2) is 18.2 Å². The molecule has 1 amide bonds. The lowest BCUT2D eigenvalue weighted by Gasteiger charge is -2.46. The summed E-state index contributed by atoms with van der Waals surface area (Å²) in [5.41, 5.74) is 3.46. The summed E-state index contributed by atoms with van der Waals surface area (Å²) in [5, 5.41) is 3.26. The zero-order chi connectivity index (χ0) is 17.7. The maximum atomic E-state index is 12.9. The highest BCUT2D eigenvalue weighted by Gasteiger charge is 2.39. The Balaban J connectivity index is 2.07. The van der Waals surface area contributed by atoms with E-state index in [2.05, 4.69) is 51.2 Å². The lowest BCUT2D eigenvalue weighted by atomic mass is 9.79. The molecule has 1 atom stereocenters. The lowest BCUT2D eigenvalue weighted by molar-refractivity contribution is -0.119. The monoisotopic (exact) mass is 332 g/mol. The number of fused-ring (bicyclic) bond motifs is 1. The predicted molar refractivity (Wildman–Crippen MR) is 99.8 cm³/mol. The van der Waals surface area contributed by atoms with Gasteiger partial charge in [-0.2, -0.15) is 0 Å². The van der Waals surface area contributed by atoms with Crippen LogP contribution in [0.4, 0.5) is 5.69 Å². The summed E-state index contributed by atoms with van der Waals surface area (Å²) in [4.78, 5) is 14.9. The average Bonchev–Trinajstić information content (AvgIpc) is 2.50. The van der Waals surface area contributed by atoms with E-state index in [0.29, 0.717) is 12.5 Å². The second-order valence-corrected chi connectivity index (χ2v) is 7.44. The van der Waals surface area contributed by atoms with Crippen LogP contribution in [0.3, 0.4) is 0 Å². The van der Waals surface area contributed by atoms with Crippen LogP contribution < -0.4 is 10.2 Å². The summed E-state index contributed by atoms with van der Waals surface area (Å²) < 4.78 is 5.32. The minimum atomic E-state index is -0.161. The second kappa shape index (κ2) is 8.13. The zero-order valence-electron chi connectivity index (χ0n) is 15.8. The molecule has 0 aromatic heterocycles. The summed E-state index contributed by atoms with van der Waals surface area (Å²) in [6.45, 7) is 13.4. The number of ether oxygens (including phenoxy) is 1. The predicted octanol–water partition coefficient (Wildman–Crippen LogP) is 3.63. The van der Waals surface area contributed by atoms with Gasteiger partial charge in [0, 0.05) is 24.4 Å². The maximum absolute atomic E-state index is 12.9. The number of benzene rings is 1. The minimum absolute atomic E-state index is 0.147. The molecule has 1 aliphatic rings. The summed E-state index contributed by atoms with van der Waals surface area (Å²) in [7, 11) is 0. The van der Waals surface area contributed by atoms with Gasteiger partial charge in [-0.05, 0) is 64.6 Å². The normalized spacial score (nSPS) is 19.2. The fraction of sp³-hybridized carbons (Fsp3) is 0.650. The Bertz CT molecular complexity index is 569. The standard InChI is InChI=1S/C20H32N2O2/c1-6-24-11-7-10-21-14-19(23)22-18-9-8-15(2)12-17(18)16(3)13-20(22,4)5/h8-9,12,16,21H,6-7,10-11,13-14H2,1-5H3/t16-/m1/s1. The van der Waals surface area contributed by atoms with Crippen LogP contribution in [0.2, 0.25) is 0 Å².